The topological polar surface area (TPSA) is 66.8 Å². The summed E-state index contributed by atoms with van der Waals surface area (Å²) in [6.45, 7) is 0.287. The molecule has 0 aliphatic heterocycles. The molecule has 1 aliphatic carbocycles. The van der Waals surface area contributed by atoms with Gasteiger partial charge in [0, 0.05) is 18.2 Å². The van der Waals surface area contributed by atoms with E-state index in [0.29, 0.717) is 24.0 Å². The number of phenols is 1. The molecule has 1 aliphatic rings. The van der Waals surface area contributed by atoms with Crippen LogP contribution in [-0.4, -0.2) is 23.3 Å². The molecule has 1 saturated carbocycles. The standard InChI is InChI=1S/C15H20O4/c1-19-10-11-6-5-7-12(13(11)16)15(14(17)18)8-3-2-4-9-15/h5-7,16H,2-4,8-10H2,1H3,(H,17,18). The third-order valence-electron chi connectivity index (χ3n) is 4.05. The van der Waals surface area contributed by atoms with Gasteiger partial charge in [-0.15, -0.1) is 0 Å². The highest BCUT2D eigenvalue weighted by molar-refractivity contribution is 5.82. The van der Waals surface area contributed by atoms with Gasteiger partial charge in [0.15, 0.2) is 0 Å². The average Bonchev–Trinajstić information content (AvgIpc) is 2.42. The van der Waals surface area contributed by atoms with Gasteiger partial charge < -0.3 is 14.9 Å². The van der Waals surface area contributed by atoms with Crippen LogP contribution in [0.4, 0.5) is 0 Å². The van der Waals surface area contributed by atoms with Crippen LogP contribution in [0.15, 0.2) is 18.2 Å². The molecule has 0 bridgehead atoms. The summed E-state index contributed by atoms with van der Waals surface area (Å²) in [5, 5.41) is 20.0. The summed E-state index contributed by atoms with van der Waals surface area (Å²) in [6, 6.07) is 5.29. The minimum atomic E-state index is -0.938. The second-order valence-electron chi connectivity index (χ2n) is 5.19. The second-order valence-corrected chi connectivity index (χ2v) is 5.19. The van der Waals surface area contributed by atoms with Gasteiger partial charge in [-0.2, -0.15) is 0 Å². The van der Waals surface area contributed by atoms with Crippen molar-refractivity contribution in [2.75, 3.05) is 7.11 Å². The number of ether oxygens (including phenoxy) is 1. The molecule has 0 saturated heterocycles. The van der Waals surface area contributed by atoms with Crippen molar-refractivity contribution in [1.82, 2.24) is 0 Å². The lowest BCUT2D eigenvalue weighted by atomic mass is 9.69. The molecule has 0 heterocycles. The van der Waals surface area contributed by atoms with Crippen molar-refractivity contribution in [3.05, 3.63) is 29.3 Å². The zero-order chi connectivity index (χ0) is 13.9. The van der Waals surface area contributed by atoms with E-state index in [-0.39, 0.29) is 12.4 Å². The van der Waals surface area contributed by atoms with Gasteiger partial charge in [-0.25, -0.2) is 0 Å². The highest BCUT2D eigenvalue weighted by Crippen LogP contribution is 2.44. The number of carbonyl (C=O) groups is 1. The molecule has 1 fully saturated rings. The van der Waals surface area contributed by atoms with Crippen LogP contribution in [0.25, 0.3) is 0 Å². The maximum absolute atomic E-state index is 11.8. The first-order valence-corrected chi connectivity index (χ1v) is 6.65. The molecule has 1 aromatic rings. The molecule has 0 spiro atoms. The zero-order valence-electron chi connectivity index (χ0n) is 11.2. The van der Waals surface area contributed by atoms with E-state index in [1.165, 1.54) is 0 Å². The lowest BCUT2D eigenvalue weighted by Crippen LogP contribution is -2.38. The van der Waals surface area contributed by atoms with Crippen LogP contribution >= 0.6 is 0 Å². The Labute approximate surface area is 113 Å². The number of carboxylic acids is 1. The quantitative estimate of drug-likeness (QED) is 0.877. The lowest BCUT2D eigenvalue weighted by molar-refractivity contribution is -0.145. The molecule has 4 nitrogen and oxygen atoms in total. The fourth-order valence-electron chi connectivity index (χ4n) is 3.00. The van der Waals surface area contributed by atoms with E-state index in [1.807, 2.05) is 0 Å². The predicted molar refractivity (Wildman–Crippen MR) is 71.2 cm³/mol. The van der Waals surface area contributed by atoms with Crippen LogP contribution in [0.3, 0.4) is 0 Å². The molecule has 2 rings (SSSR count). The van der Waals surface area contributed by atoms with Crippen LogP contribution in [0, 0.1) is 0 Å². The number of hydrogen-bond acceptors (Lipinski definition) is 3. The Kier molecular flexibility index (Phi) is 4.10. The number of phenolic OH excluding ortho intramolecular Hbond substituents is 1. The van der Waals surface area contributed by atoms with E-state index >= 15 is 0 Å². The maximum Gasteiger partial charge on any atom is 0.314 e. The van der Waals surface area contributed by atoms with Gasteiger partial charge in [0.05, 0.1) is 12.0 Å². The Morgan fingerprint density at radius 3 is 2.58 bits per heavy atom. The normalized spacial score (nSPS) is 18.2. The number of rotatable bonds is 4. The number of hydrogen-bond donors (Lipinski definition) is 2. The van der Waals surface area contributed by atoms with Crippen LogP contribution in [0.1, 0.15) is 43.2 Å². The third kappa shape index (κ3) is 2.45. The largest absolute Gasteiger partial charge is 0.507 e. The lowest BCUT2D eigenvalue weighted by Gasteiger charge is -2.34. The summed E-state index contributed by atoms with van der Waals surface area (Å²) in [4.78, 5) is 11.8. The smallest absolute Gasteiger partial charge is 0.314 e. The molecule has 1 aromatic carbocycles. The van der Waals surface area contributed by atoms with E-state index < -0.39 is 11.4 Å². The molecule has 0 aromatic heterocycles. The number of carboxylic acid groups (broad SMARTS) is 1. The molecule has 19 heavy (non-hydrogen) atoms. The molecular weight excluding hydrogens is 244 g/mol. The Morgan fingerprint density at radius 1 is 1.32 bits per heavy atom. The fraction of sp³-hybridized carbons (Fsp3) is 0.533. The van der Waals surface area contributed by atoms with Crippen LogP contribution in [0.5, 0.6) is 5.75 Å². The highest BCUT2D eigenvalue weighted by atomic mass is 16.5. The summed E-state index contributed by atoms with van der Waals surface area (Å²) in [6.07, 6.45) is 4.02. The van der Waals surface area contributed by atoms with Gasteiger partial charge in [-0.1, -0.05) is 37.5 Å². The van der Waals surface area contributed by atoms with E-state index in [2.05, 4.69) is 0 Å². The first-order valence-electron chi connectivity index (χ1n) is 6.65. The Hall–Kier alpha value is -1.55. The Balaban J connectivity index is 2.48. The Morgan fingerprint density at radius 2 is 2.00 bits per heavy atom. The molecule has 0 atom stereocenters. The van der Waals surface area contributed by atoms with E-state index in [9.17, 15) is 15.0 Å². The van der Waals surface area contributed by atoms with Crippen molar-refractivity contribution < 1.29 is 19.7 Å². The van der Waals surface area contributed by atoms with Crippen LogP contribution < -0.4 is 0 Å². The van der Waals surface area contributed by atoms with Crippen molar-refractivity contribution in [3.8, 4) is 5.75 Å². The van der Waals surface area contributed by atoms with Crippen molar-refractivity contribution >= 4 is 5.97 Å². The van der Waals surface area contributed by atoms with Gasteiger partial charge in [0.1, 0.15) is 5.75 Å². The number of aromatic hydroxyl groups is 1. The predicted octanol–water partition coefficient (Wildman–Crippen LogP) is 2.83. The van der Waals surface area contributed by atoms with Crippen LogP contribution in [-0.2, 0) is 21.6 Å². The van der Waals surface area contributed by atoms with Gasteiger partial charge in [-0.05, 0) is 12.8 Å². The highest BCUT2D eigenvalue weighted by Gasteiger charge is 2.43. The van der Waals surface area contributed by atoms with Crippen molar-refractivity contribution in [3.63, 3.8) is 0 Å². The molecule has 104 valence electrons. The van der Waals surface area contributed by atoms with Crippen LogP contribution in [0.2, 0.25) is 0 Å². The Bertz CT molecular complexity index is 461. The van der Waals surface area contributed by atoms with Gasteiger partial charge in [0.25, 0.3) is 0 Å². The van der Waals surface area contributed by atoms with Gasteiger partial charge in [0.2, 0.25) is 0 Å². The minimum absolute atomic E-state index is 0.0775. The van der Waals surface area contributed by atoms with E-state index in [1.54, 1.807) is 25.3 Å². The third-order valence-corrected chi connectivity index (χ3v) is 4.05. The van der Waals surface area contributed by atoms with Gasteiger partial charge in [-0.3, -0.25) is 4.79 Å². The molecule has 0 unspecified atom stereocenters. The molecular formula is C15H20O4. The molecule has 0 radical (unpaired) electrons. The van der Waals surface area contributed by atoms with E-state index in [0.717, 1.165) is 19.3 Å². The number of benzene rings is 1. The summed E-state index contributed by atoms with van der Waals surface area (Å²) in [5.41, 5.74) is 0.243. The molecule has 4 heteroatoms. The van der Waals surface area contributed by atoms with E-state index in [4.69, 9.17) is 4.74 Å². The number of para-hydroxylation sites is 1. The first-order chi connectivity index (χ1) is 9.12. The molecule has 2 N–H and O–H groups in total. The summed E-state index contributed by atoms with van der Waals surface area (Å²) in [7, 11) is 1.56. The van der Waals surface area contributed by atoms with Crippen molar-refractivity contribution in [2.24, 2.45) is 0 Å². The van der Waals surface area contributed by atoms with Gasteiger partial charge >= 0.3 is 5.97 Å². The van der Waals surface area contributed by atoms with Crippen molar-refractivity contribution in [1.29, 1.82) is 0 Å². The summed E-state index contributed by atoms with van der Waals surface area (Å²) < 4.78 is 5.04. The monoisotopic (exact) mass is 264 g/mol. The maximum atomic E-state index is 11.8. The van der Waals surface area contributed by atoms with Crippen molar-refractivity contribution in [2.45, 2.75) is 44.1 Å². The second kappa shape index (κ2) is 5.61. The SMILES string of the molecule is COCc1cccc(C2(C(=O)O)CCCCC2)c1O. The number of methoxy groups -OCH3 is 1. The zero-order valence-corrected chi connectivity index (χ0v) is 11.2. The average molecular weight is 264 g/mol. The molecule has 0 amide bonds. The minimum Gasteiger partial charge on any atom is -0.507 e. The first kappa shape index (κ1) is 13.9. The summed E-state index contributed by atoms with van der Waals surface area (Å²) in [5.74, 6) is -0.759. The number of aliphatic carboxylic acids is 1. The summed E-state index contributed by atoms with van der Waals surface area (Å²) >= 11 is 0. The fourth-order valence-corrected chi connectivity index (χ4v) is 3.00.